The lowest BCUT2D eigenvalue weighted by atomic mass is 10.1. The molecule has 5 heteroatoms. The third-order valence-electron chi connectivity index (χ3n) is 2.28. The largest absolute Gasteiger partial charge is 0.507 e. The summed E-state index contributed by atoms with van der Waals surface area (Å²) < 4.78 is 0. The highest BCUT2D eigenvalue weighted by Crippen LogP contribution is 2.18. The first kappa shape index (κ1) is 13.8. The van der Waals surface area contributed by atoms with E-state index in [4.69, 9.17) is 5.73 Å². The second kappa shape index (κ2) is 6.44. The van der Waals surface area contributed by atoms with Crippen LogP contribution in [0.2, 0.25) is 0 Å². The van der Waals surface area contributed by atoms with E-state index in [-0.39, 0.29) is 17.2 Å². The van der Waals surface area contributed by atoms with Crippen molar-refractivity contribution in [3.05, 3.63) is 35.4 Å². The summed E-state index contributed by atoms with van der Waals surface area (Å²) in [6.45, 7) is 2.02. The second-order valence-electron chi connectivity index (χ2n) is 3.81. The number of phenols is 1. The zero-order chi connectivity index (χ0) is 13.5. The number of carbonyl (C=O) groups excluding carboxylic acids is 2. The number of amides is 2. The summed E-state index contributed by atoms with van der Waals surface area (Å²) in [5, 5.41) is 12.1. The average molecular weight is 248 g/mol. The Morgan fingerprint density at radius 3 is 2.78 bits per heavy atom. The maximum absolute atomic E-state index is 11.0. The van der Waals surface area contributed by atoms with Crippen LogP contribution in [0.5, 0.6) is 5.75 Å². The first-order chi connectivity index (χ1) is 8.50. The van der Waals surface area contributed by atoms with Gasteiger partial charge in [0.05, 0.1) is 5.56 Å². The molecule has 0 aliphatic carbocycles. The molecule has 1 aromatic rings. The van der Waals surface area contributed by atoms with E-state index in [1.165, 1.54) is 19.1 Å². The lowest BCUT2D eigenvalue weighted by Gasteiger charge is -2.01. The highest BCUT2D eigenvalue weighted by atomic mass is 16.3. The number of nitrogens with two attached hydrogens (primary N) is 1. The zero-order valence-corrected chi connectivity index (χ0v) is 10.1. The highest BCUT2D eigenvalue weighted by Gasteiger charge is 2.06. The fourth-order valence-electron chi connectivity index (χ4n) is 1.41. The van der Waals surface area contributed by atoms with Crippen LogP contribution in [0.4, 0.5) is 0 Å². The van der Waals surface area contributed by atoms with Crippen molar-refractivity contribution in [2.45, 2.75) is 13.3 Å². The topological polar surface area (TPSA) is 92.4 Å². The normalized spacial score (nSPS) is 10.5. The van der Waals surface area contributed by atoms with E-state index in [0.29, 0.717) is 13.0 Å². The molecule has 1 aromatic carbocycles. The van der Waals surface area contributed by atoms with Crippen molar-refractivity contribution in [2.75, 3.05) is 6.54 Å². The lowest BCUT2D eigenvalue weighted by Crippen LogP contribution is -2.20. The van der Waals surface area contributed by atoms with Crippen LogP contribution >= 0.6 is 0 Å². The van der Waals surface area contributed by atoms with Crippen LogP contribution in [0, 0.1) is 0 Å². The van der Waals surface area contributed by atoms with Crippen LogP contribution in [0.1, 0.15) is 29.3 Å². The van der Waals surface area contributed by atoms with Gasteiger partial charge in [-0.05, 0) is 24.1 Å². The van der Waals surface area contributed by atoms with Gasteiger partial charge in [-0.25, -0.2) is 0 Å². The Hall–Kier alpha value is -2.30. The van der Waals surface area contributed by atoms with Gasteiger partial charge in [0.1, 0.15) is 5.75 Å². The standard InChI is InChI=1S/C13H16N2O3/c1-9(16)15-7-3-2-4-10-5-6-12(17)11(8-10)13(14)18/h2,4-6,8,17H,3,7H2,1H3,(H2,14,18)(H,15,16). The lowest BCUT2D eigenvalue weighted by molar-refractivity contribution is -0.118. The minimum atomic E-state index is -0.666. The molecule has 5 nitrogen and oxygen atoms in total. The van der Waals surface area contributed by atoms with E-state index in [1.54, 1.807) is 12.1 Å². The number of aromatic hydroxyl groups is 1. The van der Waals surface area contributed by atoms with Crippen LogP contribution in [0.25, 0.3) is 6.08 Å². The van der Waals surface area contributed by atoms with Gasteiger partial charge in [-0.15, -0.1) is 0 Å². The smallest absolute Gasteiger partial charge is 0.252 e. The molecule has 0 aliphatic rings. The third-order valence-corrected chi connectivity index (χ3v) is 2.28. The Morgan fingerprint density at radius 1 is 1.44 bits per heavy atom. The molecule has 0 heterocycles. The van der Waals surface area contributed by atoms with E-state index < -0.39 is 5.91 Å². The molecule has 18 heavy (non-hydrogen) atoms. The Bertz CT molecular complexity index is 481. The summed E-state index contributed by atoms with van der Waals surface area (Å²) in [4.78, 5) is 21.6. The number of carbonyl (C=O) groups is 2. The van der Waals surface area contributed by atoms with Gasteiger partial charge in [-0.2, -0.15) is 0 Å². The third kappa shape index (κ3) is 4.29. The van der Waals surface area contributed by atoms with Crippen molar-refractivity contribution in [3.63, 3.8) is 0 Å². The molecular weight excluding hydrogens is 232 g/mol. The molecule has 0 unspecified atom stereocenters. The average Bonchev–Trinajstić information content (AvgIpc) is 2.30. The van der Waals surface area contributed by atoms with Crippen LogP contribution in [0.15, 0.2) is 24.3 Å². The van der Waals surface area contributed by atoms with Crippen LogP contribution in [0.3, 0.4) is 0 Å². The molecule has 0 saturated carbocycles. The molecule has 0 atom stereocenters. The van der Waals surface area contributed by atoms with E-state index >= 15 is 0 Å². The van der Waals surface area contributed by atoms with Gasteiger partial charge in [0, 0.05) is 13.5 Å². The van der Waals surface area contributed by atoms with Gasteiger partial charge in [0.15, 0.2) is 0 Å². The van der Waals surface area contributed by atoms with E-state index in [2.05, 4.69) is 5.32 Å². The van der Waals surface area contributed by atoms with Gasteiger partial charge in [0.2, 0.25) is 5.91 Å². The molecule has 1 rings (SSSR count). The number of hydrogen-bond donors (Lipinski definition) is 3. The fraction of sp³-hybridized carbons (Fsp3) is 0.231. The molecule has 96 valence electrons. The molecule has 0 bridgehead atoms. The maximum atomic E-state index is 11.0. The first-order valence-electron chi connectivity index (χ1n) is 5.54. The van der Waals surface area contributed by atoms with Crippen molar-refractivity contribution in [2.24, 2.45) is 5.73 Å². The van der Waals surface area contributed by atoms with Crippen LogP contribution in [-0.4, -0.2) is 23.5 Å². The summed E-state index contributed by atoms with van der Waals surface area (Å²) in [6, 6.07) is 4.62. The Morgan fingerprint density at radius 2 is 2.17 bits per heavy atom. The minimum absolute atomic E-state index is 0.0657. The first-order valence-corrected chi connectivity index (χ1v) is 5.54. The monoisotopic (exact) mass is 248 g/mol. The van der Waals surface area contributed by atoms with Crippen molar-refractivity contribution in [3.8, 4) is 5.75 Å². The predicted molar refractivity (Wildman–Crippen MR) is 69.0 cm³/mol. The molecule has 2 amide bonds. The molecular formula is C13H16N2O3. The Labute approximate surface area is 105 Å². The molecule has 0 aliphatic heterocycles. The Balaban J connectivity index is 2.62. The summed E-state index contributed by atoms with van der Waals surface area (Å²) in [5.74, 6) is -0.858. The molecule has 0 radical (unpaired) electrons. The van der Waals surface area contributed by atoms with Gasteiger partial charge in [-0.1, -0.05) is 18.2 Å². The molecule has 4 N–H and O–H groups in total. The van der Waals surface area contributed by atoms with Crippen LogP contribution < -0.4 is 11.1 Å². The highest BCUT2D eigenvalue weighted by molar-refractivity contribution is 5.96. The Kier molecular flexibility index (Phi) is 4.92. The van der Waals surface area contributed by atoms with Crippen molar-refractivity contribution >= 4 is 17.9 Å². The molecule has 0 saturated heterocycles. The van der Waals surface area contributed by atoms with Crippen LogP contribution in [-0.2, 0) is 4.79 Å². The van der Waals surface area contributed by atoms with Gasteiger partial charge < -0.3 is 16.2 Å². The van der Waals surface area contributed by atoms with E-state index in [0.717, 1.165) is 5.56 Å². The number of nitrogens with one attached hydrogen (secondary N) is 1. The van der Waals surface area contributed by atoms with Gasteiger partial charge in [0.25, 0.3) is 5.91 Å². The predicted octanol–water partition coefficient (Wildman–Crippen LogP) is 1.03. The quantitative estimate of drug-likeness (QED) is 0.679. The second-order valence-corrected chi connectivity index (χ2v) is 3.81. The maximum Gasteiger partial charge on any atom is 0.252 e. The van der Waals surface area contributed by atoms with E-state index in [9.17, 15) is 14.7 Å². The van der Waals surface area contributed by atoms with Gasteiger partial charge in [-0.3, -0.25) is 9.59 Å². The zero-order valence-electron chi connectivity index (χ0n) is 10.1. The SMILES string of the molecule is CC(=O)NCCC=Cc1ccc(O)c(C(N)=O)c1. The van der Waals surface area contributed by atoms with E-state index in [1.807, 2.05) is 6.08 Å². The number of primary amides is 1. The number of rotatable bonds is 5. The minimum Gasteiger partial charge on any atom is -0.507 e. The van der Waals surface area contributed by atoms with Crippen molar-refractivity contribution < 1.29 is 14.7 Å². The summed E-state index contributed by atoms with van der Waals surface area (Å²) in [6.07, 6.45) is 4.35. The summed E-state index contributed by atoms with van der Waals surface area (Å²) in [5.41, 5.74) is 5.99. The number of benzene rings is 1. The molecule has 0 fully saturated rings. The molecule has 0 spiro atoms. The summed E-state index contributed by atoms with van der Waals surface area (Å²) >= 11 is 0. The summed E-state index contributed by atoms with van der Waals surface area (Å²) in [7, 11) is 0. The van der Waals surface area contributed by atoms with Crippen molar-refractivity contribution in [1.29, 1.82) is 0 Å². The fourth-order valence-corrected chi connectivity index (χ4v) is 1.41. The molecule has 0 aromatic heterocycles. The van der Waals surface area contributed by atoms with Crippen molar-refractivity contribution in [1.82, 2.24) is 5.32 Å². The number of hydrogen-bond acceptors (Lipinski definition) is 3. The van der Waals surface area contributed by atoms with Gasteiger partial charge >= 0.3 is 0 Å².